The summed E-state index contributed by atoms with van der Waals surface area (Å²) in [6.07, 6.45) is 1.01. The average molecular weight is 407 g/mol. The van der Waals surface area contributed by atoms with Crippen molar-refractivity contribution >= 4 is 59.0 Å². The minimum absolute atomic E-state index is 0.182. The lowest BCUT2D eigenvalue weighted by Crippen LogP contribution is -1.99. The molecule has 0 atom stereocenters. The standard InChI is InChI=1S/C16H22O4S4/c17-15(18)11-21-6-1-7-24-14-4-2-13(3-5-14)10-22-8-9-23-12-16(19)20/h2-5H,1,6-12H2,(H,17,18)(H,19,20). The molecule has 2 N–H and O–H groups in total. The third-order valence-corrected chi connectivity index (χ3v) is 7.08. The van der Waals surface area contributed by atoms with E-state index in [-0.39, 0.29) is 11.5 Å². The number of rotatable bonds is 14. The fourth-order valence-electron chi connectivity index (χ4n) is 1.66. The molecule has 0 aromatic heterocycles. The van der Waals surface area contributed by atoms with Gasteiger partial charge in [0, 0.05) is 22.2 Å². The highest BCUT2D eigenvalue weighted by Gasteiger charge is 2.00. The second kappa shape index (κ2) is 13.8. The van der Waals surface area contributed by atoms with Crippen LogP contribution >= 0.6 is 47.0 Å². The largest absolute Gasteiger partial charge is 0.481 e. The highest BCUT2D eigenvalue weighted by molar-refractivity contribution is 8.03. The van der Waals surface area contributed by atoms with E-state index in [4.69, 9.17) is 10.2 Å². The van der Waals surface area contributed by atoms with Crippen LogP contribution in [-0.2, 0) is 15.3 Å². The van der Waals surface area contributed by atoms with E-state index in [1.165, 1.54) is 34.0 Å². The second-order valence-corrected chi connectivity index (χ2v) is 9.28. The van der Waals surface area contributed by atoms with Gasteiger partial charge in [-0.25, -0.2) is 0 Å². The van der Waals surface area contributed by atoms with E-state index in [1.54, 1.807) is 11.8 Å². The van der Waals surface area contributed by atoms with Crippen LogP contribution in [0.15, 0.2) is 29.2 Å². The molecule has 0 heterocycles. The maximum atomic E-state index is 10.4. The number of carbonyl (C=O) groups is 2. The Bertz CT molecular complexity index is 448. The molecule has 24 heavy (non-hydrogen) atoms. The predicted molar refractivity (Wildman–Crippen MR) is 108 cm³/mol. The van der Waals surface area contributed by atoms with Crippen LogP contribution in [0.4, 0.5) is 0 Å². The van der Waals surface area contributed by atoms with Crippen LogP contribution in [-0.4, -0.2) is 56.7 Å². The van der Waals surface area contributed by atoms with E-state index in [0.29, 0.717) is 0 Å². The van der Waals surface area contributed by atoms with Crippen molar-refractivity contribution in [3.05, 3.63) is 29.8 Å². The minimum Gasteiger partial charge on any atom is -0.481 e. The summed E-state index contributed by atoms with van der Waals surface area (Å²) in [6, 6.07) is 8.53. The summed E-state index contributed by atoms with van der Waals surface area (Å²) in [5.41, 5.74) is 1.28. The molecule has 0 aliphatic heterocycles. The summed E-state index contributed by atoms with van der Waals surface area (Å²) in [5.74, 6) is 3.53. The number of hydrogen-bond acceptors (Lipinski definition) is 6. The SMILES string of the molecule is O=C(O)CSCCCSc1ccc(CSCCSCC(=O)O)cc1. The Morgan fingerprint density at radius 1 is 0.792 bits per heavy atom. The van der Waals surface area contributed by atoms with E-state index in [2.05, 4.69) is 24.3 Å². The first kappa shape index (κ1) is 21.6. The Morgan fingerprint density at radius 2 is 1.38 bits per heavy atom. The molecule has 0 amide bonds. The van der Waals surface area contributed by atoms with Crippen LogP contribution in [0.3, 0.4) is 0 Å². The quantitative estimate of drug-likeness (QED) is 0.354. The van der Waals surface area contributed by atoms with Gasteiger partial charge in [-0.05, 0) is 35.6 Å². The summed E-state index contributed by atoms with van der Waals surface area (Å²) in [7, 11) is 0. The Morgan fingerprint density at radius 3 is 2.00 bits per heavy atom. The van der Waals surface area contributed by atoms with Crippen molar-refractivity contribution in [1.29, 1.82) is 0 Å². The molecule has 0 radical (unpaired) electrons. The maximum Gasteiger partial charge on any atom is 0.313 e. The number of aliphatic carboxylic acids is 2. The van der Waals surface area contributed by atoms with Crippen molar-refractivity contribution in [2.24, 2.45) is 0 Å². The Kier molecular flexibility index (Phi) is 12.4. The fraction of sp³-hybridized carbons (Fsp3) is 0.500. The van der Waals surface area contributed by atoms with Crippen molar-refractivity contribution in [3.8, 4) is 0 Å². The van der Waals surface area contributed by atoms with Crippen LogP contribution in [0.25, 0.3) is 0 Å². The van der Waals surface area contributed by atoms with Crippen LogP contribution in [0.2, 0.25) is 0 Å². The molecular formula is C16H22O4S4. The van der Waals surface area contributed by atoms with E-state index in [9.17, 15) is 9.59 Å². The molecule has 0 saturated heterocycles. The van der Waals surface area contributed by atoms with Gasteiger partial charge in [-0.3, -0.25) is 9.59 Å². The molecule has 1 aromatic rings. The van der Waals surface area contributed by atoms with E-state index in [1.807, 2.05) is 11.8 Å². The van der Waals surface area contributed by atoms with Crippen molar-refractivity contribution < 1.29 is 19.8 Å². The molecule has 0 aliphatic rings. The van der Waals surface area contributed by atoms with E-state index in [0.717, 1.165) is 35.2 Å². The van der Waals surface area contributed by atoms with Gasteiger partial charge in [0.25, 0.3) is 0 Å². The average Bonchev–Trinajstić information content (AvgIpc) is 2.54. The first-order valence-corrected chi connectivity index (χ1v) is 11.9. The molecular weight excluding hydrogens is 384 g/mol. The zero-order valence-electron chi connectivity index (χ0n) is 13.3. The smallest absolute Gasteiger partial charge is 0.313 e. The summed E-state index contributed by atoms with van der Waals surface area (Å²) < 4.78 is 0. The van der Waals surface area contributed by atoms with Gasteiger partial charge in [0.2, 0.25) is 0 Å². The molecule has 0 unspecified atom stereocenters. The third-order valence-electron chi connectivity index (χ3n) is 2.72. The molecule has 4 nitrogen and oxygen atoms in total. The Hall–Kier alpha value is -0.440. The monoisotopic (exact) mass is 406 g/mol. The summed E-state index contributed by atoms with van der Waals surface area (Å²) >= 11 is 6.54. The molecule has 0 fully saturated rings. The first-order chi connectivity index (χ1) is 11.6. The van der Waals surface area contributed by atoms with Crippen molar-refractivity contribution in [2.75, 3.05) is 34.5 Å². The van der Waals surface area contributed by atoms with Gasteiger partial charge in [0.05, 0.1) is 11.5 Å². The van der Waals surface area contributed by atoms with Gasteiger partial charge < -0.3 is 10.2 Å². The number of carboxylic acids is 2. The van der Waals surface area contributed by atoms with Crippen molar-refractivity contribution in [3.63, 3.8) is 0 Å². The molecule has 1 aromatic carbocycles. The summed E-state index contributed by atoms with van der Waals surface area (Å²) in [4.78, 5) is 22.0. The van der Waals surface area contributed by atoms with Gasteiger partial charge in [-0.15, -0.1) is 23.5 Å². The van der Waals surface area contributed by atoms with Gasteiger partial charge in [0.1, 0.15) is 0 Å². The Balaban J connectivity index is 2.08. The predicted octanol–water partition coefficient (Wildman–Crippen LogP) is 4.04. The van der Waals surface area contributed by atoms with Gasteiger partial charge in [-0.2, -0.15) is 23.5 Å². The lowest BCUT2D eigenvalue weighted by Gasteiger charge is -2.05. The number of thioether (sulfide) groups is 4. The topological polar surface area (TPSA) is 74.6 Å². The lowest BCUT2D eigenvalue weighted by molar-refractivity contribution is -0.134. The zero-order chi connectivity index (χ0) is 17.6. The molecule has 134 valence electrons. The first-order valence-electron chi connectivity index (χ1n) is 7.46. The van der Waals surface area contributed by atoms with E-state index < -0.39 is 11.9 Å². The molecule has 0 spiro atoms. The molecule has 1 rings (SSSR count). The van der Waals surface area contributed by atoms with E-state index >= 15 is 0 Å². The second-order valence-electron chi connectivity index (χ2n) is 4.79. The zero-order valence-corrected chi connectivity index (χ0v) is 16.6. The number of carboxylic acid groups (broad SMARTS) is 2. The van der Waals surface area contributed by atoms with Crippen LogP contribution in [0, 0.1) is 0 Å². The highest BCUT2D eigenvalue weighted by Crippen LogP contribution is 2.22. The molecule has 0 saturated carbocycles. The molecule has 8 heteroatoms. The highest BCUT2D eigenvalue weighted by atomic mass is 32.2. The normalized spacial score (nSPS) is 10.7. The van der Waals surface area contributed by atoms with Crippen molar-refractivity contribution in [2.45, 2.75) is 17.1 Å². The minimum atomic E-state index is -0.751. The number of hydrogen-bond donors (Lipinski definition) is 2. The summed E-state index contributed by atoms with van der Waals surface area (Å²) in [5, 5.41) is 17.1. The summed E-state index contributed by atoms with van der Waals surface area (Å²) in [6.45, 7) is 0. The molecule has 0 bridgehead atoms. The van der Waals surface area contributed by atoms with Crippen molar-refractivity contribution in [1.82, 2.24) is 0 Å². The Labute approximate surface area is 159 Å². The third kappa shape index (κ3) is 12.0. The van der Waals surface area contributed by atoms with Gasteiger partial charge in [0.15, 0.2) is 0 Å². The molecule has 0 aliphatic carbocycles. The lowest BCUT2D eigenvalue weighted by atomic mass is 10.2. The van der Waals surface area contributed by atoms with Crippen LogP contribution < -0.4 is 0 Å². The number of benzene rings is 1. The fourth-order valence-corrected chi connectivity index (χ4v) is 5.20. The van der Waals surface area contributed by atoms with Crippen LogP contribution in [0.1, 0.15) is 12.0 Å². The maximum absolute atomic E-state index is 10.4. The van der Waals surface area contributed by atoms with Gasteiger partial charge in [-0.1, -0.05) is 12.1 Å². The van der Waals surface area contributed by atoms with Gasteiger partial charge >= 0.3 is 11.9 Å². The van der Waals surface area contributed by atoms with Crippen LogP contribution in [0.5, 0.6) is 0 Å².